The van der Waals surface area contributed by atoms with Crippen LogP contribution in [0, 0.1) is 0 Å². The lowest BCUT2D eigenvalue weighted by atomic mass is 10.1. The van der Waals surface area contributed by atoms with E-state index in [0.29, 0.717) is 0 Å². The molecular formula is C16H28N6O8S. The monoisotopic (exact) mass is 464 g/mol. The maximum absolute atomic E-state index is 12.6. The molecule has 0 spiro atoms. The largest absolute Gasteiger partial charge is 0.480 e. The zero-order chi connectivity index (χ0) is 24.1. The fourth-order valence-corrected chi connectivity index (χ4v) is 2.45. The van der Waals surface area contributed by atoms with E-state index in [4.69, 9.17) is 27.4 Å². The van der Waals surface area contributed by atoms with Crippen molar-refractivity contribution >= 4 is 48.1 Å². The Morgan fingerprint density at radius 3 is 1.48 bits per heavy atom. The van der Waals surface area contributed by atoms with Crippen molar-refractivity contribution in [2.24, 2.45) is 17.2 Å². The van der Waals surface area contributed by atoms with Crippen molar-refractivity contribution in [2.75, 3.05) is 12.4 Å². The van der Waals surface area contributed by atoms with Crippen LogP contribution in [0.15, 0.2) is 0 Å². The average Bonchev–Trinajstić information content (AvgIpc) is 2.70. The molecule has 0 bridgehead atoms. The number of primary amides is 2. The van der Waals surface area contributed by atoms with Crippen LogP contribution in [0.1, 0.15) is 25.7 Å². The Bertz CT molecular complexity index is 691. The van der Waals surface area contributed by atoms with Crippen LogP contribution in [0.5, 0.6) is 0 Å². The molecule has 0 saturated heterocycles. The van der Waals surface area contributed by atoms with E-state index >= 15 is 0 Å². The highest BCUT2D eigenvalue weighted by molar-refractivity contribution is 7.80. The van der Waals surface area contributed by atoms with Crippen LogP contribution in [0.3, 0.4) is 0 Å². The van der Waals surface area contributed by atoms with Crippen LogP contribution in [0.4, 0.5) is 0 Å². The Hall–Kier alpha value is -2.91. The number of amides is 5. The van der Waals surface area contributed by atoms with Gasteiger partial charge in [-0.3, -0.25) is 24.0 Å². The number of nitrogens with two attached hydrogens (primary N) is 3. The maximum atomic E-state index is 12.6. The van der Waals surface area contributed by atoms with E-state index < -0.39 is 66.3 Å². The summed E-state index contributed by atoms with van der Waals surface area (Å²) in [5.41, 5.74) is 15.5. The summed E-state index contributed by atoms with van der Waals surface area (Å²) in [5.74, 6) is -5.90. The Balaban J connectivity index is 5.48. The third kappa shape index (κ3) is 11.2. The average molecular weight is 465 g/mol. The van der Waals surface area contributed by atoms with Gasteiger partial charge in [-0.2, -0.15) is 12.6 Å². The van der Waals surface area contributed by atoms with Crippen LogP contribution in [0.25, 0.3) is 0 Å². The van der Waals surface area contributed by atoms with Crippen LogP contribution < -0.4 is 33.2 Å². The lowest BCUT2D eigenvalue weighted by Gasteiger charge is -2.24. The Morgan fingerprint density at radius 2 is 1.16 bits per heavy atom. The molecule has 4 unspecified atom stereocenters. The first-order valence-corrected chi connectivity index (χ1v) is 9.73. The molecular weight excluding hydrogens is 436 g/mol. The van der Waals surface area contributed by atoms with Gasteiger partial charge in [0.1, 0.15) is 24.2 Å². The summed E-state index contributed by atoms with van der Waals surface area (Å²) in [7, 11) is 0. The van der Waals surface area contributed by atoms with Crippen LogP contribution in [-0.2, 0) is 28.8 Å². The third-order valence-corrected chi connectivity index (χ3v) is 4.32. The van der Waals surface area contributed by atoms with Gasteiger partial charge in [0.25, 0.3) is 0 Å². The quantitative estimate of drug-likeness (QED) is 0.105. The Kier molecular flexibility index (Phi) is 12.8. The first-order valence-electron chi connectivity index (χ1n) is 9.10. The summed E-state index contributed by atoms with van der Waals surface area (Å²) >= 11 is 3.82. The van der Waals surface area contributed by atoms with Crippen molar-refractivity contribution in [3.8, 4) is 0 Å². The second-order valence-electron chi connectivity index (χ2n) is 6.50. The molecule has 15 heteroatoms. The van der Waals surface area contributed by atoms with Gasteiger partial charge in [0.05, 0.1) is 6.61 Å². The number of rotatable bonds is 15. The summed E-state index contributed by atoms with van der Waals surface area (Å²) in [5, 5.41) is 24.7. The van der Waals surface area contributed by atoms with Gasteiger partial charge in [0.15, 0.2) is 0 Å². The number of nitrogens with one attached hydrogen (secondary N) is 3. The van der Waals surface area contributed by atoms with Crippen molar-refractivity contribution in [3.63, 3.8) is 0 Å². The SMILES string of the molecule is NC(=O)CCC(NC(=O)C(N)CO)C(=O)NC(CCC(N)=O)C(=O)NC(CS)C(=O)O. The van der Waals surface area contributed by atoms with Crippen LogP contribution in [0.2, 0.25) is 0 Å². The number of carboxylic acid groups (broad SMARTS) is 1. The molecule has 0 aromatic rings. The predicted molar refractivity (Wildman–Crippen MR) is 109 cm³/mol. The van der Waals surface area contributed by atoms with Gasteiger partial charge in [-0.05, 0) is 12.8 Å². The molecule has 0 fully saturated rings. The van der Waals surface area contributed by atoms with Crippen molar-refractivity contribution in [1.29, 1.82) is 0 Å². The van der Waals surface area contributed by atoms with E-state index in [0.717, 1.165) is 0 Å². The van der Waals surface area contributed by atoms with Crippen LogP contribution in [-0.4, -0.2) is 82.2 Å². The molecule has 4 atom stereocenters. The topological polar surface area (TPSA) is 257 Å². The van der Waals surface area contributed by atoms with E-state index in [1.165, 1.54) is 0 Å². The van der Waals surface area contributed by atoms with Crippen molar-refractivity contribution in [2.45, 2.75) is 49.9 Å². The molecule has 31 heavy (non-hydrogen) atoms. The number of carbonyl (C=O) groups is 6. The standard InChI is InChI=1S/C16H28N6O8S/c17-7(5-23)13(26)20-8(1-3-11(18)24)14(27)21-9(2-4-12(19)25)15(28)22-10(6-31)16(29)30/h7-10,23,31H,1-6,17H2,(H2,18,24)(H2,19,25)(H,20,26)(H,21,27)(H,22,28)(H,29,30). The lowest BCUT2D eigenvalue weighted by Crippen LogP contribution is -2.57. The molecule has 0 aliphatic heterocycles. The molecule has 0 rings (SSSR count). The first-order chi connectivity index (χ1) is 14.4. The van der Waals surface area contributed by atoms with Gasteiger partial charge < -0.3 is 43.4 Å². The number of thiol groups is 1. The predicted octanol–water partition coefficient (Wildman–Crippen LogP) is -4.69. The molecule has 176 valence electrons. The van der Waals surface area contributed by atoms with Gasteiger partial charge in [-0.1, -0.05) is 0 Å². The Morgan fingerprint density at radius 1 is 0.774 bits per heavy atom. The molecule has 0 saturated carbocycles. The fourth-order valence-electron chi connectivity index (χ4n) is 2.20. The van der Waals surface area contributed by atoms with Gasteiger partial charge in [-0.25, -0.2) is 4.79 Å². The van der Waals surface area contributed by atoms with E-state index in [-0.39, 0.29) is 31.4 Å². The van der Waals surface area contributed by atoms with Crippen molar-refractivity contribution < 1.29 is 39.0 Å². The number of carboxylic acids is 1. The fraction of sp³-hybridized carbons (Fsp3) is 0.625. The minimum Gasteiger partial charge on any atom is -0.480 e. The molecule has 0 aromatic heterocycles. The molecule has 0 aliphatic carbocycles. The van der Waals surface area contributed by atoms with E-state index in [9.17, 15) is 28.8 Å². The minimum atomic E-state index is -1.39. The molecule has 14 nitrogen and oxygen atoms in total. The normalized spacial score (nSPS) is 14.4. The summed E-state index contributed by atoms with van der Waals surface area (Å²) < 4.78 is 0. The summed E-state index contributed by atoms with van der Waals surface area (Å²) in [6.07, 6.45) is -1.13. The summed E-state index contributed by atoms with van der Waals surface area (Å²) in [6.45, 7) is -0.708. The number of hydrogen-bond donors (Lipinski definition) is 9. The number of aliphatic hydroxyl groups is 1. The van der Waals surface area contributed by atoms with E-state index in [1.807, 2.05) is 0 Å². The van der Waals surface area contributed by atoms with Gasteiger partial charge in [0, 0.05) is 18.6 Å². The highest BCUT2D eigenvalue weighted by atomic mass is 32.1. The Labute approximate surface area is 183 Å². The number of hydrogen-bond acceptors (Lipinski definition) is 9. The zero-order valence-electron chi connectivity index (χ0n) is 16.6. The van der Waals surface area contributed by atoms with E-state index in [1.54, 1.807) is 0 Å². The highest BCUT2D eigenvalue weighted by Gasteiger charge is 2.30. The van der Waals surface area contributed by atoms with Crippen LogP contribution >= 0.6 is 12.6 Å². The molecule has 0 aliphatic rings. The van der Waals surface area contributed by atoms with Crippen molar-refractivity contribution in [1.82, 2.24) is 16.0 Å². The molecule has 0 heterocycles. The number of aliphatic hydroxyl groups excluding tert-OH is 1. The maximum Gasteiger partial charge on any atom is 0.327 e. The second kappa shape index (κ2) is 14.2. The molecule has 0 aromatic carbocycles. The zero-order valence-corrected chi connectivity index (χ0v) is 17.5. The van der Waals surface area contributed by atoms with Gasteiger partial charge in [0.2, 0.25) is 29.5 Å². The van der Waals surface area contributed by atoms with Crippen molar-refractivity contribution in [3.05, 3.63) is 0 Å². The summed E-state index contributed by atoms with van der Waals surface area (Å²) in [6, 6.07) is -5.45. The van der Waals surface area contributed by atoms with Gasteiger partial charge >= 0.3 is 5.97 Å². The third-order valence-electron chi connectivity index (χ3n) is 3.96. The number of carbonyl (C=O) groups excluding carboxylic acids is 5. The molecule has 0 radical (unpaired) electrons. The van der Waals surface area contributed by atoms with E-state index in [2.05, 4.69) is 28.6 Å². The molecule has 11 N–H and O–H groups in total. The molecule has 5 amide bonds. The smallest absolute Gasteiger partial charge is 0.327 e. The first kappa shape index (κ1) is 28.1. The lowest BCUT2D eigenvalue weighted by molar-refractivity contribution is -0.141. The van der Waals surface area contributed by atoms with Gasteiger partial charge in [-0.15, -0.1) is 0 Å². The summed E-state index contributed by atoms with van der Waals surface area (Å²) in [4.78, 5) is 70.3. The number of aliphatic carboxylic acids is 1. The highest BCUT2D eigenvalue weighted by Crippen LogP contribution is 2.04. The minimum absolute atomic E-state index is 0.242. The second-order valence-corrected chi connectivity index (χ2v) is 6.87.